The third-order valence-electron chi connectivity index (χ3n) is 4.82. The molecule has 0 saturated carbocycles. The molecule has 0 atom stereocenters. The van der Waals surface area contributed by atoms with Gasteiger partial charge in [0.15, 0.2) is 0 Å². The van der Waals surface area contributed by atoms with Crippen LogP contribution in [0.4, 0.5) is 32.2 Å². The second-order valence-electron chi connectivity index (χ2n) is 7.44. The van der Waals surface area contributed by atoms with E-state index in [9.17, 15) is 26.3 Å². The predicted molar refractivity (Wildman–Crippen MR) is 118 cm³/mol. The molecule has 0 aliphatic carbocycles. The average molecular weight is 478 g/mol. The number of hydrogen-bond donors (Lipinski definition) is 1. The van der Waals surface area contributed by atoms with Gasteiger partial charge in [-0.15, -0.1) is 0 Å². The Bertz CT molecular complexity index is 1270. The molecule has 0 fully saturated rings. The molecule has 2 aromatic heterocycles. The Labute approximate surface area is 191 Å². The first kappa shape index (κ1) is 24.9. The molecule has 1 N–H and O–H groups in total. The lowest BCUT2D eigenvalue weighted by Crippen LogP contribution is -2.11. The summed E-state index contributed by atoms with van der Waals surface area (Å²) in [5.41, 5.74) is -0.376. The SMILES string of the molecule is C=C/C(=C\C=C(/C)Nc1nc(C)nc2cc(Cc3ncccc3C(F)(F)F)ccc12)C(F)(F)F. The monoisotopic (exact) mass is 478 g/mol. The molecule has 34 heavy (non-hydrogen) atoms. The molecule has 0 spiro atoms. The van der Waals surface area contributed by atoms with Crippen LogP contribution in [0.15, 0.2) is 72.6 Å². The highest BCUT2D eigenvalue weighted by Crippen LogP contribution is 2.32. The van der Waals surface area contributed by atoms with Gasteiger partial charge in [-0.3, -0.25) is 4.98 Å². The van der Waals surface area contributed by atoms with E-state index in [2.05, 4.69) is 26.8 Å². The zero-order valence-electron chi connectivity index (χ0n) is 18.2. The molecule has 0 unspecified atom stereocenters. The van der Waals surface area contributed by atoms with Crippen LogP contribution in [0, 0.1) is 6.92 Å². The van der Waals surface area contributed by atoms with Gasteiger partial charge in [-0.2, -0.15) is 26.3 Å². The zero-order chi connectivity index (χ0) is 25.1. The minimum Gasteiger partial charge on any atom is -0.343 e. The van der Waals surface area contributed by atoms with Crippen molar-refractivity contribution in [2.24, 2.45) is 0 Å². The minimum atomic E-state index is -4.52. The molecule has 0 aliphatic rings. The van der Waals surface area contributed by atoms with E-state index in [-0.39, 0.29) is 12.1 Å². The zero-order valence-corrected chi connectivity index (χ0v) is 18.2. The maximum Gasteiger partial charge on any atom is 0.418 e. The van der Waals surface area contributed by atoms with Crippen molar-refractivity contribution in [3.05, 3.63) is 95.3 Å². The summed E-state index contributed by atoms with van der Waals surface area (Å²) >= 11 is 0. The Balaban J connectivity index is 1.93. The van der Waals surface area contributed by atoms with Crippen LogP contribution in [0.3, 0.4) is 0 Å². The second kappa shape index (κ2) is 9.66. The van der Waals surface area contributed by atoms with Gasteiger partial charge in [-0.25, -0.2) is 9.97 Å². The largest absolute Gasteiger partial charge is 0.418 e. The van der Waals surface area contributed by atoms with Crippen LogP contribution in [0.2, 0.25) is 0 Å². The van der Waals surface area contributed by atoms with Crippen molar-refractivity contribution in [2.75, 3.05) is 5.32 Å². The first-order valence-corrected chi connectivity index (χ1v) is 10.0. The Hall–Kier alpha value is -3.69. The molecule has 178 valence electrons. The highest BCUT2D eigenvalue weighted by molar-refractivity contribution is 5.90. The van der Waals surface area contributed by atoms with Crippen molar-refractivity contribution in [3.63, 3.8) is 0 Å². The molecule has 3 aromatic rings. The number of aryl methyl sites for hydroxylation is 1. The third kappa shape index (κ3) is 6.00. The van der Waals surface area contributed by atoms with E-state index in [1.807, 2.05) is 0 Å². The summed E-state index contributed by atoms with van der Waals surface area (Å²) in [5, 5.41) is 3.52. The van der Waals surface area contributed by atoms with Crippen LogP contribution in [-0.2, 0) is 12.6 Å². The summed E-state index contributed by atoms with van der Waals surface area (Å²) in [6.45, 7) is 6.38. The number of allylic oxidation sites excluding steroid dienone is 5. The van der Waals surface area contributed by atoms with E-state index < -0.39 is 23.5 Å². The molecular formula is C24H20F6N4. The van der Waals surface area contributed by atoms with Crippen LogP contribution in [-0.4, -0.2) is 21.1 Å². The van der Waals surface area contributed by atoms with Crippen LogP contribution in [0.5, 0.6) is 0 Å². The Morgan fingerprint density at radius 1 is 1.06 bits per heavy atom. The summed E-state index contributed by atoms with van der Waals surface area (Å²) in [6.07, 6.45) is -4.92. The normalized spacial score (nSPS) is 13.3. The lowest BCUT2D eigenvalue weighted by atomic mass is 10.0. The summed E-state index contributed by atoms with van der Waals surface area (Å²) in [4.78, 5) is 12.5. The number of benzene rings is 1. The average Bonchev–Trinajstić information content (AvgIpc) is 2.72. The number of aromatic nitrogens is 3. The van der Waals surface area contributed by atoms with Gasteiger partial charge in [0.1, 0.15) is 11.6 Å². The summed E-state index contributed by atoms with van der Waals surface area (Å²) in [7, 11) is 0. The van der Waals surface area contributed by atoms with E-state index in [1.54, 1.807) is 32.0 Å². The van der Waals surface area contributed by atoms with Crippen LogP contribution >= 0.6 is 0 Å². The predicted octanol–water partition coefficient (Wildman–Crippen LogP) is 6.93. The number of fused-ring (bicyclic) bond motifs is 1. The molecule has 0 bridgehead atoms. The summed E-state index contributed by atoms with van der Waals surface area (Å²) in [5.74, 6) is 0.739. The van der Waals surface area contributed by atoms with Crippen molar-refractivity contribution >= 4 is 16.7 Å². The topological polar surface area (TPSA) is 50.7 Å². The van der Waals surface area contributed by atoms with Gasteiger partial charge in [-0.05, 0) is 55.8 Å². The summed E-state index contributed by atoms with van der Waals surface area (Å²) < 4.78 is 78.5. The molecule has 0 saturated heterocycles. The van der Waals surface area contributed by atoms with E-state index in [0.717, 1.165) is 18.2 Å². The smallest absolute Gasteiger partial charge is 0.343 e. The Kier molecular flexibility index (Phi) is 7.09. The fourth-order valence-electron chi connectivity index (χ4n) is 3.25. The van der Waals surface area contributed by atoms with E-state index in [0.29, 0.717) is 33.8 Å². The molecule has 1 aromatic carbocycles. The second-order valence-corrected chi connectivity index (χ2v) is 7.44. The van der Waals surface area contributed by atoms with Gasteiger partial charge >= 0.3 is 12.4 Å². The molecule has 0 aliphatic heterocycles. The molecular weight excluding hydrogens is 458 g/mol. The molecule has 0 radical (unpaired) electrons. The molecule has 4 nitrogen and oxygen atoms in total. The van der Waals surface area contributed by atoms with Gasteiger partial charge < -0.3 is 5.32 Å². The van der Waals surface area contributed by atoms with E-state index in [1.165, 1.54) is 18.3 Å². The standard InChI is InChI=1S/C24H20F6N4/c1-4-17(23(25,26)27)9-7-14(2)32-22-18-10-8-16(12-20(18)33-15(3)34-22)13-21-19(24(28,29)30)6-5-11-31-21/h4-12H,1,13H2,2-3H3,(H,32,33,34)/b14-7+,17-9+. The van der Waals surface area contributed by atoms with Crippen LogP contribution in [0.25, 0.3) is 10.9 Å². The quantitative estimate of drug-likeness (QED) is 0.308. The first-order chi connectivity index (χ1) is 15.9. The number of nitrogens with one attached hydrogen (secondary N) is 1. The van der Waals surface area contributed by atoms with Crippen molar-refractivity contribution < 1.29 is 26.3 Å². The van der Waals surface area contributed by atoms with Gasteiger partial charge in [-0.1, -0.05) is 18.7 Å². The number of alkyl halides is 6. The highest BCUT2D eigenvalue weighted by Gasteiger charge is 2.33. The number of hydrogen-bond acceptors (Lipinski definition) is 4. The summed E-state index contributed by atoms with van der Waals surface area (Å²) in [6, 6.07) is 7.15. The maximum absolute atomic E-state index is 13.3. The Morgan fingerprint density at radius 3 is 2.44 bits per heavy atom. The number of nitrogens with zero attached hydrogens (tertiary/aromatic N) is 3. The van der Waals surface area contributed by atoms with Crippen molar-refractivity contribution in [1.29, 1.82) is 0 Å². The highest BCUT2D eigenvalue weighted by atomic mass is 19.4. The minimum absolute atomic E-state index is 0.0526. The van der Waals surface area contributed by atoms with Crippen LogP contribution < -0.4 is 5.32 Å². The lowest BCUT2D eigenvalue weighted by molar-refractivity contribution is -0.138. The maximum atomic E-state index is 13.3. The first-order valence-electron chi connectivity index (χ1n) is 10.0. The van der Waals surface area contributed by atoms with Gasteiger partial charge in [0, 0.05) is 23.7 Å². The van der Waals surface area contributed by atoms with Crippen LogP contribution in [0.1, 0.15) is 29.6 Å². The molecule has 3 rings (SSSR count). The van der Waals surface area contributed by atoms with Gasteiger partial charge in [0.05, 0.1) is 22.3 Å². The molecule has 10 heteroatoms. The fourth-order valence-corrected chi connectivity index (χ4v) is 3.25. The van der Waals surface area contributed by atoms with Crippen molar-refractivity contribution in [3.8, 4) is 0 Å². The van der Waals surface area contributed by atoms with Gasteiger partial charge in [0.2, 0.25) is 0 Å². The number of rotatable bonds is 6. The molecule has 2 heterocycles. The lowest BCUT2D eigenvalue weighted by Gasteiger charge is -2.13. The number of pyridine rings is 1. The van der Waals surface area contributed by atoms with Crippen molar-refractivity contribution in [1.82, 2.24) is 15.0 Å². The number of anilines is 1. The van der Waals surface area contributed by atoms with E-state index in [4.69, 9.17) is 0 Å². The number of halogens is 6. The van der Waals surface area contributed by atoms with E-state index >= 15 is 0 Å². The van der Waals surface area contributed by atoms with Gasteiger partial charge in [0.25, 0.3) is 0 Å². The van der Waals surface area contributed by atoms with Crippen molar-refractivity contribution in [2.45, 2.75) is 32.6 Å². The molecule has 0 amide bonds. The third-order valence-corrected chi connectivity index (χ3v) is 4.82. The Morgan fingerprint density at radius 2 is 1.79 bits per heavy atom. The fraction of sp³-hybridized carbons (Fsp3) is 0.208.